The molecule has 2 amide bonds. The molecule has 2 aromatic carbocycles. The van der Waals surface area contributed by atoms with Gasteiger partial charge in [-0.1, -0.05) is 23.7 Å². The Morgan fingerprint density at radius 2 is 2.00 bits per heavy atom. The van der Waals surface area contributed by atoms with Crippen LogP contribution in [0.3, 0.4) is 0 Å². The molecule has 1 aliphatic rings. The number of nitrogens with zero attached hydrogens (tertiary/aromatic N) is 1. The number of para-hydroxylation sites is 2. The fourth-order valence-electron chi connectivity index (χ4n) is 2.72. The minimum absolute atomic E-state index is 0.0513. The van der Waals surface area contributed by atoms with Crippen molar-refractivity contribution in [2.75, 3.05) is 22.0 Å². The summed E-state index contributed by atoms with van der Waals surface area (Å²) in [6, 6.07) is 11.0. The molecular formula is C18H17ClN2O5S. The highest BCUT2D eigenvalue weighted by Gasteiger charge is 2.36. The monoisotopic (exact) mass is 408 g/mol. The minimum Gasteiger partial charge on any atom is -0.492 e. The number of benzene rings is 2. The summed E-state index contributed by atoms with van der Waals surface area (Å²) in [5.74, 6) is -0.834. The van der Waals surface area contributed by atoms with Crippen molar-refractivity contribution in [2.24, 2.45) is 0 Å². The molecule has 1 N–H and O–H groups in total. The number of amides is 2. The van der Waals surface area contributed by atoms with Crippen LogP contribution in [0.15, 0.2) is 42.5 Å². The fraction of sp³-hybridized carbons (Fsp3) is 0.222. The van der Waals surface area contributed by atoms with Gasteiger partial charge in [0.1, 0.15) is 5.75 Å². The zero-order valence-electron chi connectivity index (χ0n) is 14.4. The Morgan fingerprint density at radius 3 is 2.67 bits per heavy atom. The topological polar surface area (TPSA) is 92.8 Å². The number of rotatable bonds is 5. The smallest absolute Gasteiger partial charge is 0.257 e. The highest BCUT2D eigenvalue weighted by atomic mass is 35.5. The molecule has 1 heterocycles. The Hall–Kier alpha value is -2.58. The molecule has 2 aromatic rings. The van der Waals surface area contributed by atoms with Gasteiger partial charge in [0.15, 0.2) is 0 Å². The number of hydrogen-bond donors (Lipinski definition) is 1. The van der Waals surface area contributed by atoms with E-state index in [1.807, 2.05) is 6.92 Å². The van der Waals surface area contributed by atoms with Crippen molar-refractivity contribution in [3.05, 3.63) is 53.1 Å². The second kappa shape index (κ2) is 7.58. The summed E-state index contributed by atoms with van der Waals surface area (Å²) in [6.45, 7) is 2.25. The lowest BCUT2D eigenvalue weighted by molar-refractivity contribution is -0.116. The van der Waals surface area contributed by atoms with Crippen molar-refractivity contribution in [2.45, 2.75) is 13.3 Å². The standard InChI is InChI=1S/C18H17ClN2O5S/c1-2-26-16-6-4-3-5-15(16)20-18(23)13-11-12(7-8-14(13)19)21-17(22)9-10-27(21,24)25/h3-8,11H,2,9-10H2,1H3,(H,20,23). The van der Waals surface area contributed by atoms with Gasteiger partial charge in [-0.05, 0) is 37.3 Å². The molecule has 1 saturated heterocycles. The molecule has 0 saturated carbocycles. The van der Waals surface area contributed by atoms with E-state index in [2.05, 4.69) is 5.32 Å². The van der Waals surface area contributed by atoms with Crippen LogP contribution in [0.25, 0.3) is 0 Å². The van der Waals surface area contributed by atoms with Gasteiger partial charge in [-0.25, -0.2) is 12.7 Å². The molecule has 3 rings (SSSR count). The molecular weight excluding hydrogens is 392 g/mol. The van der Waals surface area contributed by atoms with Crippen LogP contribution in [0.4, 0.5) is 11.4 Å². The predicted octanol–water partition coefficient (Wildman–Crippen LogP) is 3.06. The molecule has 0 unspecified atom stereocenters. The van der Waals surface area contributed by atoms with E-state index in [0.717, 1.165) is 0 Å². The second-order valence-electron chi connectivity index (χ2n) is 5.77. The van der Waals surface area contributed by atoms with Crippen LogP contribution in [0.1, 0.15) is 23.7 Å². The molecule has 7 nitrogen and oxygen atoms in total. The third kappa shape index (κ3) is 3.91. The number of anilines is 2. The second-order valence-corrected chi connectivity index (χ2v) is 8.12. The molecule has 1 aliphatic heterocycles. The van der Waals surface area contributed by atoms with E-state index in [4.69, 9.17) is 16.3 Å². The first-order chi connectivity index (χ1) is 12.8. The Morgan fingerprint density at radius 1 is 1.26 bits per heavy atom. The molecule has 0 spiro atoms. The molecule has 0 radical (unpaired) electrons. The maximum Gasteiger partial charge on any atom is 0.257 e. The Balaban J connectivity index is 1.93. The van der Waals surface area contributed by atoms with Crippen molar-refractivity contribution < 1.29 is 22.7 Å². The highest BCUT2D eigenvalue weighted by molar-refractivity contribution is 7.94. The fourth-order valence-corrected chi connectivity index (χ4v) is 4.38. The van der Waals surface area contributed by atoms with E-state index < -0.39 is 21.8 Å². The summed E-state index contributed by atoms with van der Waals surface area (Å²) in [7, 11) is -3.73. The number of ether oxygens (including phenoxy) is 1. The number of hydrogen-bond acceptors (Lipinski definition) is 5. The lowest BCUT2D eigenvalue weighted by atomic mass is 10.1. The average Bonchev–Trinajstić information content (AvgIpc) is 2.90. The molecule has 0 bridgehead atoms. The first-order valence-electron chi connectivity index (χ1n) is 8.22. The zero-order chi connectivity index (χ0) is 19.6. The summed E-state index contributed by atoms with van der Waals surface area (Å²) in [5.41, 5.74) is 0.594. The van der Waals surface area contributed by atoms with Crippen molar-refractivity contribution in [1.82, 2.24) is 0 Å². The van der Waals surface area contributed by atoms with E-state index in [0.29, 0.717) is 22.3 Å². The quantitative estimate of drug-likeness (QED) is 0.820. The van der Waals surface area contributed by atoms with Crippen LogP contribution < -0.4 is 14.4 Å². The number of sulfonamides is 1. The van der Waals surface area contributed by atoms with Gasteiger partial charge in [0.05, 0.1) is 34.3 Å². The van der Waals surface area contributed by atoms with Crippen molar-refractivity contribution in [3.63, 3.8) is 0 Å². The number of carbonyl (C=O) groups is 2. The van der Waals surface area contributed by atoms with Crippen molar-refractivity contribution in [1.29, 1.82) is 0 Å². The zero-order valence-corrected chi connectivity index (χ0v) is 16.0. The number of carbonyl (C=O) groups excluding carboxylic acids is 2. The van der Waals surface area contributed by atoms with Crippen LogP contribution in [-0.2, 0) is 14.8 Å². The van der Waals surface area contributed by atoms with Gasteiger partial charge in [-0.15, -0.1) is 0 Å². The Bertz CT molecular complexity index is 1010. The van der Waals surface area contributed by atoms with E-state index in [9.17, 15) is 18.0 Å². The normalized spacial score (nSPS) is 15.6. The van der Waals surface area contributed by atoms with E-state index in [1.165, 1.54) is 18.2 Å². The van der Waals surface area contributed by atoms with Gasteiger partial charge in [-0.2, -0.15) is 0 Å². The highest BCUT2D eigenvalue weighted by Crippen LogP contribution is 2.30. The molecule has 0 atom stereocenters. The summed E-state index contributed by atoms with van der Waals surface area (Å²) in [6.07, 6.45) is -0.0891. The van der Waals surface area contributed by atoms with Gasteiger partial charge in [-0.3, -0.25) is 9.59 Å². The maximum atomic E-state index is 12.7. The van der Waals surface area contributed by atoms with Gasteiger partial charge in [0, 0.05) is 6.42 Å². The first-order valence-corrected chi connectivity index (χ1v) is 10.2. The first kappa shape index (κ1) is 19.2. The van der Waals surface area contributed by atoms with Crippen LogP contribution in [0, 0.1) is 0 Å². The third-order valence-electron chi connectivity index (χ3n) is 3.94. The number of nitrogens with one attached hydrogen (secondary N) is 1. The molecule has 0 aliphatic carbocycles. The van der Waals surface area contributed by atoms with Gasteiger partial charge < -0.3 is 10.1 Å². The third-order valence-corrected chi connectivity index (χ3v) is 5.96. The average molecular weight is 409 g/mol. The van der Waals surface area contributed by atoms with Gasteiger partial charge in [0.25, 0.3) is 5.91 Å². The minimum atomic E-state index is -3.73. The Labute approximate surface area is 161 Å². The molecule has 142 valence electrons. The van der Waals surface area contributed by atoms with Crippen LogP contribution >= 0.6 is 11.6 Å². The van der Waals surface area contributed by atoms with Crippen LogP contribution in [0.5, 0.6) is 5.75 Å². The molecule has 9 heteroatoms. The summed E-state index contributed by atoms with van der Waals surface area (Å²) in [4.78, 5) is 24.7. The molecule has 1 fully saturated rings. The maximum absolute atomic E-state index is 12.7. The van der Waals surface area contributed by atoms with Crippen LogP contribution in [0.2, 0.25) is 5.02 Å². The Kier molecular flexibility index (Phi) is 5.38. The number of halogens is 1. The lowest BCUT2D eigenvalue weighted by Gasteiger charge is -2.17. The summed E-state index contributed by atoms with van der Waals surface area (Å²) < 4.78 is 30.4. The SMILES string of the molecule is CCOc1ccccc1NC(=O)c1cc(N2C(=O)CCS2(=O)=O)ccc1Cl. The summed E-state index contributed by atoms with van der Waals surface area (Å²) in [5, 5.41) is 2.83. The van der Waals surface area contributed by atoms with E-state index >= 15 is 0 Å². The van der Waals surface area contributed by atoms with Crippen LogP contribution in [-0.4, -0.2) is 32.6 Å². The lowest BCUT2D eigenvalue weighted by Crippen LogP contribution is -2.29. The van der Waals surface area contributed by atoms with Crippen molar-refractivity contribution >= 4 is 44.8 Å². The molecule has 0 aromatic heterocycles. The molecule has 27 heavy (non-hydrogen) atoms. The summed E-state index contributed by atoms with van der Waals surface area (Å²) >= 11 is 6.13. The van der Waals surface area contributed by atoms with E-state index in [-0.39, 0.29) is 28.4 Å². The largest absolute Gasteiger partial charge is 0.492 e. The van der Waals surface area contributed by atoms with Gasteiger partial charge >= 0.3 is 0 Å². The van der Waals surface area contributed by atoms with Gasteiger partial charge in [0.2, 0.25) is 15.9 Å². The van der Waals surface area contributed by atoms with Crippen molar-refractivity contribution in [3.8, 4) is 5.75 Å². The van der Waals surface area contributed by atoms with E-state index in [1.54, 1.807) is 24.3 Å². The predicted molar refractivity (Wildman–Crippen MR) is 103 cm³/mol.